The lowest BCUT2D eigenvalue weighted by Gasteiger charge is -2.25. The number of amides is 1. The quantitative estimate of drug-likeness (QED) is 0.603. The molecule has 1 amide bonds. The summed E-state index contributed by atoms with van der Waals surface area (Å²) >= 11 is 6.86. The highest BCUT2D eigenvalue weighted by Crippen LogP contribution is 2.36. The van der Waals surface area contributed by atoms with Gasteiger partial charge in [-0.3, -0.25) is 9.69 Å². The van der Waals surface area contributed by atoms with Crippen LogP contribution in [0.1, 0.15) is 30.4 Å². The maximum atomic E-state index is 12.7. The van der Waals surface area contributed by atoms with E-state index >= 15 is 0 Å². The molecule has 0 aliphatic carbocycles. The number of benzene rings is 1. The van der Waals surface area contributed by atoms with Crippen LogP contribution in [0.3, 0.4) is 0 Å². The third kappa shape index (κ3) is 3.06. The van der Waals surface area contributed by atoms with Gasteiger partial charge in [-0.25, -0.2) is 0 Å². The van der Waals surface area contributed by atoms with Crippen molar-refractivity contribution in [2.24, 2.45) is 0 Å². The molecular formula is C17H20N2OS2. The van der Waals surface area contributed by atoms with Crippen LogP contribution >= 0.6 is 24.0 Å². The van der Waals surface area contributed by atoms with Crippen LogP contribution in [-0.4, -0.2) is 28.2 Å². The minimum atomic E-state index is 0.00697. The van der Waals surface area contributed by atoms with Gasteiger partial charge in [0.25, 0.3) is 5.91 Å². The second-order valence-corrected chi connectivity index (χ2v) is 7.56. The summed E-state index contributed by atoms with van der Waals surface area (Å²) in [6.07, 6.45) is 5.69. The van der Waals surface area contributed by atoms with E-state index in [9.17, 15) is 4.79 Å². The van der Waals surface area contributed by atoms with E-state index in [2.05, 4.69) is 17.9 Å². The second-order valence-electron chi connectivity index (χ2n) is 5.89. The van der Waals surface area contributed by atoms with E-state index in [1.807, 2.05) is 25.3 Å². The number of anilines is 1. The first-order chi connectivity index (χ1) is 10.6. The van der Waals surface area contributed by atoms with Gasteiger partial charge in [-0.2, -0.15) is 0 Å². The van der Waals surface area contributed by atoms with E-state index in [0.29, 0.717) is 4.32 Å². The monoisotopic (exact) mass is 332 g/mol. The fourth-order valence-electron chi connectivity index (χ4n) is 2.94. The lowest BCUT2D eigenvalue weighted by atomic mass is 10.1. The molecular weight excluding hydrogens is 312 g/mol. The van der Waals surface area contributed by atoms with Gasteiger partial charge < -0.3 is 4.90 Å². The molecule has 2 fully saturated rings. The Kier molecular flexibility index (Phi) is 4.54. The molecule has 116 valence electrons. The molecule has 2 heterocycles. The van der Waals surface area contributed by atoms with Gasteiger partial charge in [0.15, 0.2) is 4.32 Å². The summed E-state index contributed by atoms with van der Waals surface area (Å²) in [4.78, 5) is 17.4. The Morgan fingerprint density at radius 2 is 1.91 bits per heavy atom. The lowest BCUT2D eigenvalue weighted by molar-refractivity contribution is -0.113. The van der Waals surface area contributed by atoms with Gasteiger partial charge in [0, 0.05) is 19.3 Å². The number of carbonyl (C=O) groups is 1. The van der Waals surface area contributed by atoms with Crippen molar-refractivity contribution in [1.29, 1.82) is 0 Å². The summed E-state index contributed by atoms with van der Waals surface area (Å²) in [5.74, 6) is 0.00697. The Labute approximate surface area is 141 Å². The highest BCUT2D eigenvalue weighted by molar-refractivity contribution is 8.27. The molecule has 2 aliphatic heterocycles. The Morgan fingerprint density at radius 3 is 2.59 bits per heavy atom. The van der Waals surface area contributed by atoms with Crippen LogP contribution in [-0.2, 0) is 4.79 Å². The van der Waals surface area contributed by atoms with Crippen LogP contribution in [0.25, 0.3) is 0 Å². The van der Waals surface area contributed by atoms with Crippen molar-refractivity contribution in [3.8, 4) is 0 Å². The maximum Gasteiger partial charge on any atom is 0.272 e. The predicted octanol–water partition coefficient (Wildman–Crippen LogP) is 4.00. The number of likely N-dealkylation sites (tertiary alicyclic amines) is 1. The smallest absolute Gasteiger partial charge is 0.272 e. The number of hydrogen-bond donors (Lipinski definition) is 0. The average molecular weight is 332 g/mol. The molecule has 1 aromatic carbocycles. The zero-order chi connectivity index (χ0) is 15.7. The summed E-state index contributed by atoms with van der Waals surface area (Å²) < 4.78 is 0.625. The molecule has 0 bridgehead atoms. The van der Waals surface area contributed by atoms with Gasteiger partial charge in [0.1, 0.15) is 0 Å². The van der Waals surface area contributed by atoms with Gasteiger partial charge >= 0.3 is 0 Å². The number of carbonyl (C=O) groups excluding carboxylic acids is 1. The number of thiocarbonyl (C=S) groups is 1. The molecule has 0 N–H and O–H groups in total. The standard InChI is InChI=1S/C17H20N2OS2/c1-12-6-7-14(13(2)10-12)19-16(20)15(22-17(19)21)11-18-8-4-3-5-9-18/h6-7,10-11H,3-5,8-9H2,1-2H3/b15-11+. The van der Waals surface area contributed by atoms with Gasteiger partial charge in [-0.1, -0.05) is 41.7 Å². The molecule has 3 nitrogen and oxygen atoms in total. The Balaban J connectivity index is 1.86. The maximum absolute atomic E-state index is 12.7. The summed E-state index contributed by atoms with van der Waals surface area (Å²) in [6.45, 7) is 6.15. The zero-order valence-corrected chi connectivity index (χ0v) is 14.6. The van der Waals surface area contributed by atoms with Crippen LogP contribution in [0.5, 0.6) is 0 Å². The van der Waals surface area contributed by atoms with Gasteiger partial charge in [-0.15, -0.1) is 0 Å². The molecule has 3 rings (SSSR count). The van der Waals surface area contributed by atoms with Crippen molar-refractivity contribution in [3.63, 3.8) is 0 Å². The van der Waals surface area contributed by atoms with Crippen molar-refractivity contribution in [2.75, 3.05) is 18.0 Å². The van der Waals surface area contributed by atoms with E-state index in [1.165, 1.54) is 36.6 Å². The van der Waals surface area contributed by atoms with Crippen LogP contribution in [0.2, 0.25) is 0 Å². The average Bonchev–Trinajstić information content (AvgIpc) is 2.75. The van der Waals surface area contributed by atoms with Crippen LogP contribution in [0.15, 0.2) is 29.3 Å². The predicted molar refractivity (Wildman–Crippen MR) is 97.1 cm³/mol. The number of aryl methyl sites for hydroxylation is 2. The van der Waals surface area contributed by atoms with Crippen molar-refractivity contribution < 1.29 is 4.79 Å². The van der Waals surface area contributed by atoms with E-state index in [-0.39, 0.29) is 5.91 Å². The fraction of sp³-hybridized carbons (Fsp3) is 0.412. The summed E-state index contributed by atoms with van der Waals surface area (Å²) in [5.41, 5.74) is 3.17. The van der Waals surface area contributed by atoms with Crippen molar-refractivity contribution in [3.05, 3.63) is 40.4 Å². The summed E-state index contributed by atoms with van der Waals surface area (Å²) in [7, 11) is 0. The van der Waals surface area contributed by atoms with Crippen LogP contribution < -0.4 is 4.90 Å². The number of piperidine rings is 1. The lowest BCUT2D eigenvalue weighted by Crippen LogP contribution is -2.29. The minimum Gasteiger partial charge on any atom is -0.376 e. The number of nitrogens with zero attached hydrogens (tertiary/aromatic N) is 2. The topological polar surface area (TPSA) is 23.6 Å². The Bertz CT molecular complexity index is 648. The number of rotatable bonds is 2. The second kappa shape index (κ2) is 6.42. The summed E-state index contributed by atoms with van der Waals surface area (Å²) in [5, 5.41) is 0. The largest absolute Gasteiger partial charge is 0.376 e. The molecule has 2 saturated heterocycles. The minimum absolute atomic E-state index is 0.00697. The molecule has 0 saturated carbocycles. The van der Waals surface area contributed by atoms with E-state index in [0.717, 1.165) is 29.2 Å². The normalized spacial score (nSPS) is 21.1. The number of thioether (sulfide) groups is 1. The van der Waals surface area contributed by atoms with Gasteiger partial charge in [0.05, 0.1) is 10.6 Å². The Morgan fingerprint density at radius 1 is 1.18 bits per heavy atom. The molecule has 0 atom stereocenters. The Hall–Kier alpha value is -1.33. The number of hydrogen-bond acceptors (Lipinski definition) is 4. The summed E-state index contributed by atoms with van der Waals surface area (Å²) in [6, 6.07) is 6.09. The third-order valence-electron chi connectivity index (χ3n) is 4.08. The molecule has 0 unspecified atom stereocenters. The molecule has 0 radical (unpaired) electrons. The van der Waals surface area contributed by atoms with E-state index in [1.54, 1.807) is 4.90 Å². The first kappa shape index (κ1) is 15.6. The highest BCUT2D eigenvalue weighted by Gasteiger charge is 2.34. The molecule has 0 spiro atoms. The molecule has 0 aromatic heterocycles. The molecule has 22 heavy (non-hydrogen) atoms. The SMILES string of the molecule is Cc1ccc(N2C(=O)/C(=C\N3CCCCC3)SC2=S)c(C)c1. The van der Waals surface area contributed by atoms with E-state index < -0.39 is 0 Å². The fourth-order valence-corrected chi connectivity index (χ4v) is 4.23. The molecule has 2 aliphatic rings. The zero-order valence-electron chi connectivity index (χ0n) is 13.0. The van der Waals surface area contributed by atoms with Gasteiger partial charge in [0.2, 0.25) is 0 Å². The first-order valence-electron chi connectivity index (χ1n) is 7.65. The van der Waals surface area contributed by atoms with Crippen LogP contribution in [0.4, 0.5) is 5.69 Å². The van der Waals surface area contributed by atoms with E-state index in [4.69, 9.17) is 12.2 Å². The van der Waals surface area contributed by atoms with Crippen molar-refractivity contribution in [2.45, 2.75) is 33.1 Å². The van der Waals surface area contributed by atoms with Crippen molar-refractivity contribution >= 4 is 39.9 Å². The molecule has 5 heteroatoms. The molecule has 1 aromatic rings. The third-order valence-corrected chi connectivity index (χ3v) is 5.37. The first-order valence-corrected chi connectivity index (χ1v) is 8.88. The highest BCUT2D eigenvalue weighted by atomic mass is 32.2. The van der Waals surface area contributed by atoms with Crippen LogP contribution in [0, 0.1) is 13.8 Å². The van der Waals surface area contributed by atoms with Gasteiger partial charge in [-0.05, 0) is 44.7 Å². The van der Waals surface area contributed by atoms with Crippen molar-refractivity contribution in [1.82, 2.24) is 4.90 Å².